The number of carbonyl (C=O) groups excluding carboxylic acids is 1. The van der Waals surface area contributed by atoms with Gasteiger partial charge in [-0.05, 0) is 42.0 Å². The van der Waals surface area contributed by atoms with E-state index in [-0.39, 0.29) is 49.1 Å². The summed E-state index contributed by atoms with van der Waals surface area (Å²) in [6, 6.07) is 18.2. The fraction of sp³-hybridized carbons (Fsp3) is 0.240. The molecule has 1 aliphatic heterocycles. The summed E-state index contributed by atoms with van der Waals surface area (Å²) in [5, 5.41) is 2.31. The third-order valence-corrected chi connectivity index (χ3v) is 8.13. The van der Waals surface area contributed by atoms with Crippen molar-refractivity contribution in [3.63, 3.8) is 0 Å². The maximum atomic E-state index is 13.2. The highest BCUT2D eigenvalue weighted by Gasteiger charge is 2.30. The van der Waals surface area contributed by atoms with Gasteiger partial charge in [-0.2, -0.15) is 4.31 Å². The second kappa shape index (κ2) is 8.66. The molecule has 8 nitrogen and oxygen atoms in total. The van der Waals surface area contributed by atoms with E-state index in [4.69, 9.17) is 0 Å². The van der Waals surface area contributed by atoms with Gasteiger partial charge in [0, 0.05) is 26.2 Å². The Labute approximate surface area is 197 Å². The largest absolute Gasteiger partial charge is 0.338 e. The molecule has 1 aromatic heterocycles. The van der Waals surface area contributed by atoms with Crippen molar-refractivity contribution < 1.29 is 13.2 Å². The van der Waals surface area contributed by atoms with Gasteiger partial charge in [-0.3, -0.25) is 14.2 Å². The van der Waals surface area contributed by atoms with E-state index in [1.165, 1.54) is 15.2 Å². The smallest absolute Gasteiger partial charge is 0.261 e. The number of aromatic nitrogens is 2. The van der Waals surface area contributed by atoms with Crippen molar-refractivity contribution in [2.45, 2.75) is 18.4 Å². The molecule has 0 atom stereocenters. The van der Waals surface area contributed by atoms with Crippen LogP contribution in [0, 0.1) is 6.92 Å². The molecular weight excluding hydrogens is 452 g/mol. The summed E-state index contributed by atoms with van der Waals surface area (Å²) < 4.78 is 29.0. The Hall–Kier alpha value is -3.56. The Bertz CT molecular complexity index is 1570. The van der Waals surface area contributed by atoms with Crippen LogP contribution in [0.3, 0.4) is 0 Å². The summed E-state index contributed by atoms with van der Waals surface area (Å²) in [6.07, 6.45) is 1.39. The zero-order valence-electron chi connectivity index (χ0n) is 18.7. The number of hydrogen-bond acceptors (Lipinski definition) is 5. The zero-order valence-corrected chi connectivity index (χ0v) is 19.5. The van der Waals surface area contributed by atoms with Crippen LogP contribution in [0.1, 0.15) is 5.56 Å². The third kappa shape index (κ3) is 4.08. The Morgan fingerprint density at radius 1 is 0.941 bits per heavy atom. The molecule has 0 N–H and O–H groups in total. The molecular formula is C25H24N4O4S. The SMILES string of the molecule is Cc1ccc2ncn(CC(=O)N3CCN(S(=O)(=O)c4ccc5ccccc5c4)CC3)c(=O)c2c1. The fourth-order valence-electron chi connectivity index (χ4n) is 4.29. The Balaban J connectivity index is 1.28. The average Bonchev–Trinajstić information content (AvgIpc) is 2.85. The van der Waals surface area contributed by atoms with Crippen LogP contribution in [0.2, 0.25) is 0 Å². The van der Waals surface area contributed by atoms with Gasteiger partial charge in [-0.1, -0.05) is 42.0 Å². The van der Waals surface area contributed by atoms with Crippen LogP contribution in [0.15, 0.2) is 76.7 Å². The normalized spacial score (nSPS) is 15.1. The van der Waals surface area contributed by atoms with E-state index in [1.807, 2.05) is 37.3 Å². The molecule has 0 radical (unpaired) electrons. The van der Waals surface area contributed by atoms with Crippen molar-refractivity contribution in [3.8, 4) is 0 Å². The fourth-order valence-corrected chi connectivity index (χ4v) is 5.74. The van der Waals surface area contributed by atoms with Crippen molar-refractivity contribution in [1.82, 2.24) is 18.8 Å². The number of sulfonamides is 1. The Kier molecular flexibility index (Phi) is 5.66. The summed E-state index contributed by atoms with van der Waals surface area (Å²) in [5.74, 6) is -0.237. The minimum Gasteiger partial charge on any atom is -0.338 e. The van der Waals surface area contributed by atoms with Crippen molar-refractivity contribution in [2.24, 2.45) is 0 Å². The van der Waals surface area contributed by atoms with Crippen LogP contribution >= 0.6 is 0 Å². The summed E-state index contributed by atoms with van der Waals surface area (Å²) >= 11 is 0. The number of nitrogens with zero attached hydrogens (tertiary/aromatic N) is 4. The van der Waals surface area contributed by atoms with Crippen molar-refractivity contribution in [1.29, 1.82) is 0 Å². The van der Waals surface area contributed by atoms with Crippen LogP contribution in [0.4, 0.5) is 0 Å². The lowest BCUT2D eigenvalue weighted by atomic mass is 10.1. The van der Waals surface area contributed by atoms with E-state index in [0.717, 1.165) is 16.3 Å². The molecule has 3 aromatic carbocycles. The molecule has 0 aliphatic carbocycles. The highest BCUT2D eigenvalue weighted by atomic mass is 32.2. The number of carbonyl (C=O) groups is 1. The summed E-state index contributed by atoms with van der Waals surface area (Å²) in [6.45, 7) is 2.69. The molecule has 0 spiro atoms. The highest BCUT2D eigenvalue weighted by Crippen LogP contribution is 2.23. The molecule has 174 valence electrons. The molecule has 1 aliphatic rings. The zero-order chi connectivity index (χ0) is 23.9. The molecule has 0 unspecified atom stereocenters. The maximum absolute atomic E-state index is 13.2. The van der Waals surface area contributed by atoms with Gasteiger partial charge in [0.1, 0.15) is 6.54 Å². The first kappa shape index (κ1) is 22.2. The number of piperazine rings is 1. The van der Waals surface area contributed by atoms with Gasteiger partial charge < -0.3 is 4.90 Å². The van der Waals surface area contributed by atoms with E-state index < -0.39 is 10.0 Å². The predicted octanol–water partition coefficient (Wildman–Crippen LogP) is 2.39. The molecule has 2 heterocycles. The summed E-state index contributed by atoms with van der Waals surface area (Å²) in [7, 11) is -3.67. The quantitative estimate of drug-likeness (QED) is 0.451. The summed E-state index contributed by atoms with van der Waals surface area (Å²) in [5.41, 5.74) is 1.27. The van der Waals surface area contributed by atoms with Gasteiger partial charge in [0.15, 0.2) is 0 Å². The predicted molar refractivity (Wildman–Crippen MR) is 130 cm³/mol. The standard InChI is InChI=1S/C25H24N4O4S/c1-18-6-9-23-22(14-18)25(31)28(17-26-23)16-24(30)27-10-12-29(13-11-27)34(32,33)21-8-7-19-4-2-3-5-20(19)15-21/h2-9,14-15,17H,10-13,16H2,1H3. The number of aryl methyl sites for hydroxylation is 1. The monoisotopic (exact) mass is 476 g/mol. The van der Waals surface area contributed by atoms with Gasteiger partial charge in [0.05, 0.1) is 22.1 Å². The molecule has 1 amide bonds. The van der Waals surface area contributed by atoms with Gasteiger partial charge in [-0.25, -0.2) is 13.4 Å². The van der Waals surface area contributed by atoms with Crippen LogP contribution in [-0.2, 0) is 21.4 Å². The lowest BCUT2D eigenvalue weighted by Crippen LogP contribution is -2.51. The van der Waals surface area contributed by atoms with Gasteiger partial charge in [-0.15, -0.1) is 0 Å². The van der Waals surface area contributed by atoms with Gasteiger partial charge in [0.2, 0.25) is 15.9 Å². The van der Waals surface area contributed by atoms with Crippen LogP contribution in [-0.4, -0.2) is 59.3 Å². The van der Waals surface area contributed by atoms with E-state index >= 15 is 0 Å². The van der Waals surface area contributed by atoms with Crippen LogP contribution in [0.5, 0.6) is 0 Å². The van der Waals surface area contributed by atoms with Gasteiger partial charge >= 0.3 is 0 Å². The van der Waals surface area contributed by atoms with Crippen LogP contribution < -0.4 is 5.56 Å². The number of fused-ring (bicyclic) bond motifs is 2. The average molecular weight is 477 g/mol. The Morgan fingerprint density at radius 2 is 1.68 bits per heavy atom. The van der Waals surface area contributed by atoms with Crippen molar-refractivity contribution in [3.05, 3.63) is 82.9 Å². The van der Waals surface area contributed by atoms with E-state index in [2.05, 4.69) is 4.98 Å². The first-order chi connectivity index (χ1) is 16.3. The number of rotatable bonds is 4. The second-order valence-electron chi connectivity index (χ2n) is 8.49. The van der Waals surface area contributed by atoms with E-state index in [1.54, 1.807) is 35.2 Å². The molecule has 1 saturated heterocycles. The number of benzene rings is 3. The van der Waals surface area contributed by atoms with Gasteiger partial charge in [0.25, 0.3) is 5.56 Å². The lowest BCUT2D eigenvalue weighted by molar-refractivity contribution is -0.133. The third-order valence-electron chi connectivity index (χ3n) is 6.24. The van der Waals surface area contributed by atoms with E-state index in [0.29, 0.717) is 10.9 Å². The second-order valence-corrected chi connectivity index (χ2v) is 10.4. The molecule has 0 saturated carbocycles. The topological polar surface area (TPSA) is 92.6 Å². The minimum absolute atomic E-state index is 0.132. The molecule has 4 aromatic rings. The molecule has 1 fully saturated rings. The number of amides is 1. The molecule has 5 rings (SSSR count). The minimum atomic E-state index is -3.67. The maximum Gasteiger partial charge on any atom is 0.261 e. The first-order valence-corrected chi connectivity index (χ1v) is 12.5. The highest BCUT2D eigenvalue weighted by molar-refractivity contribution is 7.89. The van der Waals surface area contributed by atoms with Crippen molar-refractivity contribution in [2.75, 3.05) is 26.2 Å². The first-order valence-electron chi connectivity index (χ1n) is 11.1. The molecule has 9 heteroatoms. The summed E-state index contributed by atoms with van der Waals surface area (Å²) in [4.78, 5) is 31.8. The van der Waals surface area contributed by atoms with Crippen molar-refractivity contribution >= 4 is 37.6 Å². The molecule has 0 bridgehead atoms. The number of hydrogen-bond donors (Lipinski definition) is 0. The van der Waals surface area contributed by atoms with Crippen LogP contribution in [0.25, 0.3) is 21.7 Å². The van der Waals surface area contributed by atoms with E-state index in [9.17, 15) is 18.0 Å². The molecule has 34 heavy (non-hydrogen) atoms. The lowest BCUT2D eigenvalue weighted by Gasteiger charge is -2.34. The Morgan fingerprint density at radius 3 is 2.44 bits per heavy atom.